The van der Waals surface area contributed by atoms with Crippen LogP contribution in [0, 0.1) is 0 Å². The van der Waals surface area contributed by atoms with Crippen LogP contribution in [-0.4, -0.2) is 41.8 Å². The molecule has 19 heavy (non-hydrogen) atoms. The Bertz CT molecular complexity index is 575. The Kier molecular flexibility index (Phi) is 2.37. The third-order valence-corrected chi connectivity index (χ3v) is 5.20. The minimum atomic E-state index is -0.786. The average Bonchev–Trinajstić information content (AvgIpc) is 2.92. The molecule has 0 spiro atoms. The van der Waals surface area contributed by atoms with Crippen LogP contribution in [0.3, 0.4) is 0 Å². The second-order valence-electron chi connectivity index (χ2n) is 5.64. The van der Waals surface area contributed by atoms with Crippen LogP contribution >= 0.6 is 15.9 Å². The number of nitrogens with zero attached hydrogens (tertiary/aromatic N) is 2. The van der Waals surface area contributed by atoms with Crippen molar-refractivity contribution in [3.05, 3.63) is 27.7 Å². The second-order valence-corrected chi connectivity index (χ2v) is 6.55. The third-order valence-electron chi connectivity index (χ3n) is 4.74. The predicted octanol–water partition coefficient (Wildman–Crippen LogP) is 2.66. The van der Waals surface area contributed by atoms with Gasteiger partial charge in [-0.3, -0.25) is 0 Å². The largest absolute Gasteiger partial charge is 0.465 e. The Morgan fingerprint density at radius 1 is 1.37 bits per heavy atom. The van der Waals surface area contributed by atoms with Gasteiger partial charge in [-0.1, -0.05) is 15.9 Å². The van der Waals surface area contributed by atoms with Gasteiger partial charge >= 0.3 is 6.09 Å². The first kappa shape index (κ1) is 11.6. The van der Waals surface area contributed by atoms with Crippen LogP contribution in [0.2, 0.25) is 0 Å². The van der Waals surface area contributed by atoms with Crippen LogP contribution in [0.15, 0.2) is 16.6 Å². The van der Waals surface area contributed by atoms with E-state index in [0.29, 0.717) is 25.0 Å². The van der Waals surface area contributed by atoms with Crippen LogP contribution in [0.4, 0.5) is 10.5 Å². The number of piperidine rings is 1. The number of rotatable bonds is 0. The number of hydrogen-bond donors (Lipinski definition) is 1. The molecule has 1 saturated heterocycles. The second kappa shape index (κ2) is 3.88. The smallest absolute Gasteiger partial charge is 0.407 e. The predicted molar refractivity (Wildman–Crippen MR) is 75.9 cm³/mol. The van der Waals surface area contributed by atoms with Gasteiger partial charge in [-0.25, -0.2) is 4.79 Å². The molecule has 2 atom stereocenters. The van der Waals surface area contributed by atoms with Crippen molar-refractivity contribution in [1.29, 1.82) is 0 Å². The SMILES string of the molecule is O=C(O)N1CC[C@@H]2[C@H](C1)c1cc(Br)cc3c1N2CC3. The first-order valence-corrected chi connectivity index (χ1v) is 7.51. The minimum Gasteiger partial charge on any atom is -0.465 e. The topological polar surface area (TPSA) is 43.8 Å². The summed E-state index contributed by atoms with van der Waals surface area (Å²) in [4.78, 5) is 15.3. The molecule has 1 fully saturated rings. The van der Waals surface area contributed by atoms with Crippen molar-refractivity contribution in [3.8, 4) is 0 Å². The van der Waals surface area contributed by atoms with E-state index in [2.05, 4.69) is 33.0 Å². The van der Waals surface area contributed by atoms with E-state index < -0.39 is 6.09 Å². The van der Waals surface area contributed by atoms with Gasteiger partial charge in [0.1, 0.15) is 0 Å². The summed E-state index contributed by atoms with van der Waals surface area (Å²) < 4.78 is 1.12. The molecule has 1 aromatic carbocycles. The fourth-order valence-corrected chi connectivity index (χ4v) is 4.50. The van der Waals surface area contributed by atoms with Crippen molar-refractivity contribution >= 4 is 27.7 Å². The van der Waals surface area contributed by atoms with Gasteiger partial charge < -0.3 is 14.9 Å². The van der Waals surface area contributed by atoms with Crippen molar-refractivity contribution in [2.45, 2.75) is 24.8 Å². The lowest BCUT2D eigenvalue weighted by Crippen LogP contribution is -2.47. The Hall–Kier alpha value is -1.23. The van der Waals surface area contributed by atoms with Crippen molar-refractivity contribution < 1.29 is 9.90 Å². The van der Waals surface area contributed by atoms with Crippen molar-refractivity contribution in [1.82, 2.24) is 4.90 Å². The number of carbonyl (C=O) groups is 1. The summed E-state index contributed by atoms with van der Waals surface area (Å²) >= 11 is 3.59. The summed E-state index contributed by atoms with van der Waals surface area (Å²) in [5, 5.41) is 9.20. The molecule has 0 aliphatic carbocycles. The lowest BCUT2D eigenvalue weighted by Gasteiger charge is -2.37. The van der Waals surface area contributed by atoms with Crippen molar-refractivity contribution in [2.24, 2.45) is 0 Å². The van der Waals surface area contributed by atoms with Crippen LogP contribution in [0.25, 0.3) is 0 Å². The standard InChI is InChI=1S/C14H15BrN2O2/c15-9-5-8-1-4-17-12-2-3-16(14(18)19)7-11(12)10(6-9)13(8)17/h5-6,11-12H,1-4,7H2,(H,18,19)/t11-,12-/m1/s1. The average molecular weight is 323 g/mol. The molecule has 0 radical (unpaired) electrons. The van der Waals surface area contributed by atoms with Gasteiger partial charge in [-0.05, 0) is 36.1 Å². The third kappa shape index (κ3) is 1.54. The molecule has 1 N–H and O–H groups in total. The van der Waals surface area contributed by atoms with Gasteiger partial charge in [0.05, 0.1) is 0 Å². The fraction of sp³-hybridized carbons (Fsp3) is 0.500. The van der Waals surface area contributed by atoms with Gasteiger partial charge in [0.2, 0.25) is 0 Å². The molecule has 3 aliphatic heterocycles. The maximum absolute atomic E-state index is 11.2. The summed E-state index contributed by atoms with van der Waals surface area (Å²) in [7, 11) is 0. The van der Waals surface area contributed by atoms with Crippen LogP contribution < -0.4 is 4.90 Å². The molecule has 0 unspecified atom stereocenters. The van der Waals surface area contributed by atoms with E-state index in [9.17, 15) is 9.90 Å². The molecular formula is C14H15BrN2O2. The molecule has 1 amide bonds. The number of likely N-dealkylation sites (tertiary alicyclic amines) is 1. The Morgan fingerprint density at radius 3 is 3.00 bits per heavy atom. The Balaban J connectivity index is 1.78. The maximum atomic E-state index is 11.2. The molecule has 4 rings (SSSR count). The van der Waals surface area contributed by atoms with E-state index in [1.54, 1.807) is 4.90 Å². The van der Waals surface area contributed by atoms with Crippen molar-refractivity contribution in [3.63, 3.8) is 0 Å². The summed E-state index contributed by atoms with van der Waals surface area (Å²) in [5.41, 5.74) is 4.16. The first-order chi connectivity index (χ1) is 9.15. The van der Waals surface area contributed by atoms with Crippen molar-refractivity contribution in [2.75, 3.05) is 24.5 Å². The molecule has 0 aromatic heterocycles. The van der Waals surface area contributed by atoms with Gasteiger partial charge in [0.15, 0.2) is 0 Å². The number of carboxylic acid groups (broad SMARTS) is 1. The number of anilines is 1. The van der Waals surface area contributed by atoms with E-state index in [0.717, 1.165) is 23.9 Å². The van der Waals surface area contributed by atoms with Gasteiger partial charge in [0, 0.05) is 41.8 Å². The summed E-state index contributed by atoms with van der Waals surface area (Å²) in [6, 6.07) is 4.90. The molecule has 0 saturated carbocycles. The number of fused-ring (bicyclic) bond motifs is 3. The van der Waals surface area contributed by atoms with Crippen LogP contribution in [0.1, 0.15) is 23.5 Å². The fourth-order valence-electron chi connectivity index (χ4n) is 3.98. The minimum absolute atomic E-state index is 0.344. The van der Waals surface area contributed by atoms with Gasteiger partial charge in [0.25, 0.3) is 0 Å². The maximum Gasteiger partial charge on any atom is 0.407 e. The number of benzene rings is 1. The van der Waals surface area contributed by atoms with E-state index in [-0.39, 0.29) is 0 Å². The number of amides is 1. The lowest BCUT2D eigenvalue weighted by molar-refractivity contribution is 0.127. The highest BCUT2D eigenvalue weighted by molar-refractivity contribution is 9.10. The number of halogens is 1. The van der Waals surface area contributed by atoms with Crippen LogP contribution in [0.5, 0.6) is 0 Å². The summed E-state index contributed by atoms with van der Waals surface area (Å²) in [5.74, 6) is 0.344. The molecule has 3 heterocycles. The van der Waals surface area contributed by atoms with Crippen LogP contribution in [-0.2, 0) is 6.42 Å². The molecule has 1 aromatic rings. The summed E-state index contributed by atoms with van der Waals surface area (Å²) in [6.45, 7) is 2.39. The van der Waals surface area contributed by atoms with Gasteiger partial charge in [-0.15, -0.1) is 0 Å². The highest BCUT2D eigenvalue weighted by atomic mass is 79.9. The van der Waals surface area contributed by atoms with E-state index in [1.165, 1.54) is 16.8 Å². The molecule has 4 nitrogen and oxygen atoms in total. The summed E-state index contributed by atoms with van der Waals surface area (Å²) in [6.07, 6.45) is 1.28. The lowest BCUT2D eigenvalue weighted by atomic mass is 9.88. The monoisotopic (exact) mass is 322 g/mol. The van der Waals surface area contributed by atoms with E-state index in [1.807, 2.05) is 0 Å². The molecule has 0 bridgehead atoms. The van der Waals surface area contributed by atoms with E-state index in [4.69, 9.17) is 0 Å². The molecule has 3 aliphatic rings. The normalized spacial score (nSPS) is 27.4. The van der Waals surface area contributed by atoms with E-state index >= 15 is 0 Å². The zero-order valence-electron chi connectivity index (χ0n) is 10.5. The number of hydrogen-bond acceptors (Lipinski definition) is 2. The highest BCUT2D eigenvalue weighted by Gasteiger charge is 2.45. The first-order valence-electron chi connectivity index (χ1n) is 6.72. The quantitative estimate of drug-likeness (QED) is 0.798. The molecule has 5 heteroatoms. The molecule has 100 valence electrons. The molecular weight excluding hydrogens is 308 g/mol. The highest BCUT2D eigenvalue weighted by Crippen LogP contribution is 2.50. The zero-order chi connectivity index (χ0) is 13.1. The Morgan fingerprint density at radius 2 is 2.21 bits per heavy atom. The zero-order valence-corrected chi connectivity index (χ0v) is 12.1. The van der Waals surface area contributed by atoms with Gasteiger partial charge in [-0.2, -0.15) is 0 Å². The Labute approximate surface area is 120 Å².